The summed E-state index contributed by atoms with van der Waals surface area (Å²) in [7, 11) is 3.53. The van der Waals surface area contributed by atoms with Crippen molar-refractivity contribution in [3.05, 3.63) is 23.3 Å². The molecule has 0 radical (unpaired) electrons. The van der Waals surface area contributed by atoms with Crippen molar-refractivity contribution in [2.45, 2.75) is 26.7 Å². The Morgan fingerprint density at radius 1 is 1.39 bits per heavy atom. The Hall–Kier alpha value is -1.98. The Kier molecular flexibility index (Phi) is 3.27. The van der Waals surface area contributed by atoms with Gasteiger partial charge in [-0.2, -0.15) is 10.1 Å². The van der Waals surface area contributed by atoms with E-state index in [9.17, 15) is 4.79 Å². The number of aryl methyl sites for hydroxylation is 2. The van der Waals surface area contributed by atoms with Crippen LogP contribution in [0.2, 0.25) is 0 Å². The fraction of sp³-hybridized carbons (Fsp3) is 0.500. The highest BCUT2D eigenvalue weighted by Crippen LogP contribution is 2.15. The predicted octanol–water partition coefficient (Wildman–Crippen LogP) is 0.762. The minimum absolute atomic E-state index is 0.118. The Morgan fingerprint density at radius 2 is 2.11 bits per heavy atom. The highest BCUT2D eigenvalue weighted by atomic mass is 16.2. The molecular weight excluding hydrogens is 230 g/mol. The van der Waals surface area contributed by atoms with Gasteiger partial charge in [-0.1, -0.05) is 0 Å². The van der Waals surface area contributed by atoms with E-state index in [1.165, 1.54) is 6.33 Å². The van der Waals surface area contributed by atoms with E-state index in [4.69, 9.17) is 0 Å². The van der Waals surface area contributed by atoms with E-state index in [0.717, 1.165) is 17.0 Å². The maximum atomic E-state index is 11.6. The fourth-order valence-corrected chi connectivity index (χ4v) is 1.97. The van der Waals surface area contributed by atoms with Crippen LogP contribution in [0.15, 0.2) is 6.33 Å². The quantitative estimate of drug-likeness (QED) is 0.803. The first kappa shape index (κ1) is 12.5. The first-order valence-corrected chi connectivity index (χ1v) is 5.86. The van der Waals surface area contributed by atoms with E-state index in [2.05, 4.69) is 15.1 Å². The van der Waals surface area contributed by atoms with E-state index < -0.39 is 0 Å². The molecule has 0 atom stereocenters. The van der Waals surface area contributed by atoms with E-state index in [0.29, 0.717) is 18.6 Å². The smallest absolute Gasteiger partial charge is 0.252 e. The molecular formula is C12H17N5O. The third kappa shape index (κ3) is 2.18. The van der Waals surface area contributed by atoms with Crippen molar-refractivity contribution >= 4 is 11.7 Å². The van der Waals surface area contributed by atoms with Gasteiger partial charge in [-0.05, 0) is 25.8 Å². The van der Waals surface area contributed by atoms with Crippen LogP contribution >= 0.6 is 0 Å². The lowest BCUT2D eigenvalue weighted by molar-refractivity contribution is -0.128. The summed E-state index contributed by atoms with van der Waals surface area (Å²) in [6, 6.07) is 0. The van der Waals surface area contributed by atoms with Gasteiger partial charge in [-0.25, -0.2) is 9.50 Å². The highest BCUT2D eigenvalue weighted by Gasteiger charge is 2.12. The van der Waals surface area contributed by atoms with Crippen LogP contribution in [0.3, 0.4) is 0 Å². The number of nitrogens with zero attached hydrogens (tertiary/aromatic N) is 5. The van der Waals surface area contributed by atoms with Crippen molar-refractivity contribution in [2.75, 3.05) is 14.1 Å². The van der Waals surface area contributed by atoms with Gasteiger partial charge >= 0.3 is 0 Å². The van der Waals surface area contributed by atoms with Gasteiger partial charge < -0.3 is 4.90 Å². The van der Waals surface area contributed by atoms with Gasteiger partial charge in [0.05, 0.1) is 0 Å². The third-order valence-corrected chi connectivity index (χ3v) is 3.08. The standard InChI is InChI=1S/C12H17N5O/c1-8-10(5-6-11(18)16(3)4)9(2)17-12(15-8)13-7-14-17/h7H,5-6H2,1-4H3. The minimum Gasteiger partial charge on any atom is -0.349 e. The molecule has 0 saturated heterocycles. The number of hydrogen-bond donors (Lipinski definition) is 0. The molecule has 6 heteroatoms. The first-order valence-electron chi connectivity index (χ1n) is 5.86. The molecule has 0 aliphatic rings. The summed E-state index contributed by atoms with van der Waals surface area (Å²) >= 11 is 0. The minimum atomic E-state index is 0.118. The molecule has 2 heterocycles. The van der Waals surface area contributed by atoms with Crippen molar-refractivity contribution in [3.63, 3.8) is 0 Å². The zero-order valence-electron chi connectivity index (χ0n) is 11.1. The van der Waals surface area contributed by atoms with Gasteiger partial charge in [-0.3, -0.25) is 4.79 Å². The monoisotopic (exact) mass is 247 g/mol. The zero-order chi connectivity index (χ0) is 13.3. The lowest BCUT2D eigenvalue weighted by Crippen LogP contribution is -2.22. The molecule has 0 N–H and O–H groups in total. The largest absolute Gasteiger partial charge is 0.349 e. The Labute approximate surface area is 106 Å². The Balaban J connectivity index is 2.30. The summed E-state index contributed by atoms with van der Waals surface area (Å²) < 4.78 is 1.71. The van der Waals surface area contributed by atoms with Gasteiger partial charge in [0, 0.05) is 31.9 Å². The summed E-state index contributed by atoms with van der Waals surface area (Å²) in [5.41, 5.74) is 2.99. The number of aromatic nitrogens is 4. The summed E-state index contributed by atoms with van der Waals surface area (Å²) in [5, 5.41) is 4.13. The van der Waals surface area contributed by atoms with Crippen LogP contribution in [0.25, 0.3) is 5.78 Å². The lowest BCUT2D eigenvalue weighted by Gasteiger charge is -2.12. The molecule has 0 aromatic carbocycles. The summed E-state index contributed by atoms with van der Waals surface area (Å²) in [6.45, 7) is 3.92. The van der Waals surface area contributed by atoms with Crippen LogP contribution in [0.5, 0.6) is 0 Å². The molecule has 6 nitrogen and oxygen atoms in total. The van der Waals surface area contributed by atoms with Crippen LogP contribution in [-0.2, 0) is 11.2 Å². The van der Waals surface area contributed by atoms with Crippen LogP contribution < -0.4 is 0 Å². The van der Waals surface area contributed by atoms with E-state index >= 15 is 0 Å². The number of carbonyl (C=O) groups is 1. The summed E-state index contributed by atoms with van der Waals surface area (Å²) in [5.74, 6) is 0.722. The van der Waals surface area contributed by atoms with Gasteiger partial charge in [0.2, 0.25) is 5.91 Å². The molecule has 0 saturated carbocycles. The maximum Gasteiger partial charge on any atom is 0.252 e. The molecule has 96 valence electrons. The lowest BCUT2D eigenvalue weighted by atomic mass is 10.1. The average Bonchev–Trinajstić information content (AvgIpc) is 2.76. The number of rotatable bonds is 3. The molecule has 0 bridgehead atoms. The number of hydrogen-bond acceptors (Lipinski definition) is 4. The number of fused-ring (bicyclic) bond motifs is 1. The zero-order valence-corrected chi connectivity index (χ0v) is 11.1. The molecule has 0 fully saturated rings. The average molecular weight is 247 g/mol. The van der Waals surface area contributed by atoms with Crippen molar-refractivity contribution in [1.82, 2.24) is 24.5 Å². The first-order chi connectivity index (χ1) is 8.50. The third-order valence-electron chi connectivity index (χ3n) is 3.08. The summed E-state index contributed by atoms with van der Waals surface area (Å²) in [4.78, 5) is 21.7. The molecule has 0 aliphatic carbocycles. The van der Waals surface area contributed by atoms with Gasteiger partial charge in [0.1, 0.15) is 6.33 Å². The number of carbonyl (C=O) groups excluding carboxylic acids is 1. The molecule has 0 aliphatic heterocycles. The molecule has 0 spiro atoms. The van der Waals surface area contributed by atoms with Crippen molar-refractivity contribution in [3.8, 4) is 0 Å². The maximum absolute atomic E-state index is 11.6. The molecule has 18 heavy (non-hydrogen) atoms. The van der Waals surface area contributed by atoms with E-state index in [1.807, 2.05) is 13.8 Å². The summed E-state index contributed by atoms with van der Waals surface area (Å²) in [6.07, 6.45) is 2.65. The number of amides is 1. The molecule has 2 aromatic rings. The van der Waals surface area contributed by atoms with E-state index in [1.54, 1.807) is 23.5 Å². The Morgan fingerprint density at radius 3 is 2.78 bits per heavy atom. The Bertz CT molecular complexity index is 587. The van der Waals surface area contributed by atoms with Crippen molar-refractivity contribution < 1.29 is 4.79 Å². The van der Waals surface area contributed by atoms with E-state index in [-0.39, 0.29) is 5.91 Å². The van der Waals surface area contributed by atoms with Crippen LogP contribution in [0, 0.1) is 13.8 Å². The van der Waals surface area contributed by atoms with Crippen LogP contribution in [0.4, 0.5) is 0 Å². The van der Waals surface area contributed by atoms with Crippen LogP contribution in [0.1, 0.15) is 23.4 Å². The molecule has 2 rings (SSSR count). The highest BCUT2D eigenvalue weighted by molar-refractivity contribution is 5.75. The topological polar surface area (TPSA) is 63.4 Å². The van der Waals surface area contributed by atoms with Gasteiger partial charge in [0.15, 0.2) is 0 Å². The molecule has 1 amide bonds. The molecule has 2 aromatic heterocycles. The van der Waals surface area contributed by atoms with Crippen molar-refractivity contribution in [1.29, 1.82) is 0 Å². The van der Waals surface area contributed by atoms with Crippen molar-refractivity contribution in [2.24, 2.45) is 0 Å². The van der Waals surface area contributed by atoms with Gasteiger partial charge in [-0.15, -0.1) is 0 Å². The normalized spacial score (nSPS) is 10.9. The van der Waals surface area contributed by atoms with Crippen LogP contribution in [-0.4, -0.2) is 44.5 Å². The second kappa shape index (κ2) is 4.72. The van der Waals surface area contributed by atoms with Gasteiger partial charge in [0.25, 0.3) is 5.78 Å². The predicted molar refractivity (Wildman–Crippen MR) is 67.3 cm³/mol. The molecule has 0 unspecified atom stereocenters. The second-order valence-corrected chi connectivity index (χ2v) is 4.52. The SMILES string of the molecule is Cc1nc2ncnn2c(C)c1CCC(=O)N(C)C. The fourth-order valence-electron chi connectivity index (χ4n) is 1.97. The second-order valence-electron chi connectivity index (χ2n) is 4.52.